The zero-order chi connectivity index (χ0) is 18.6. The molecular weight excluding hydrogens is 354 g/mol. The Bertz CT molecular complexity index is 986. The summed E-state index contributed by atoms with van der Waals surface area (Å²) in [6, 6.07) is 13.3. The van der Waals surface area contributed by atoms with Crippen LogP contribution in [0.2, 0.25) is 0 Å². The molecule has 1 fully saturated rings. The highest BCUT2D eigenvalue weighted by Crippen LogP contribution is 2.26. The van der Waals surface area contributed by atoms with E-state index in [2.05, 4.69) is 0 Å². The maximum Gasteiger partial charge on any atom is 0.243 e. The topological polar surface area (TPSA) is 107 Å². The van der Waals surface area contributed by atoms with Crippen molar-refractivity contribution in [2.75, 3.05) is 26.3 Å². The van der Waals surface area contributed by atoms with E-state index in [0.29, 0.717) is 43.4 Å². The Balaban J connectivity index is 1.82. The van der Waals surface area contributed by atoms with Gasteiger partial charge in [-0.15, -0.1) is 0 Å². The highest BCUT2D eigenvalue weighted by molar-refractivity contribution is 7.89. The van der Waals surface area contributed by atoms with E-state index in [1.165, 1.54) is 22.5 Å². The molecule has 26 heavy (non-hydrogen) atoms. The molecular formula is C18H15N3O4S. The van der Waals surface area contributed by atoms with Crippen molar-refractivity contribution in [3.05, 3.63) is 47.7 Å². The van der Waals surface area contributed by atoms with Gasteiger partial charge in [0.15, 0.2) is 0 Å². The van der Waals surface area contributed by atoms with E-state index in [0.717, 1.165) is 0 Å². The Hall–Kier alpha value is -2.91. The lowest BCUT2D eigenvalue weighted by Gasteiger charge is -2.26. The third-order valence-corrected chi connectivity index (χ3v) is 5.81. The first kappa shape index (κ1) is 17.9. The number of benzene rings is 1. The van der Waals surface area contributed by atoms with Gasteiger partial charge in [0.05, 0.1) is 18.1 Å². The number of nitrogens with zero attached hydrogens (tertiary/aromatic N) is 3. The fourth-order valence-electron chi connectivity index (χ4n) is 2.54. The molecule has 0 atom stereocenters. The predicted octanol–water partition coefficient (Wildman–Crippen LogP) is 2.40. The summed E-state index contributed by atoms with van der Waals surface area (Å²) >= 11 is 0. The average molecular weight is 369 g/mol. The van der Waals surface area contributed by atoms with Crippen LogP contribution in [0.15, 0.2) is 51.3 Å². The largest absolute Gasteiger partial charge is 0.457 e. The van der Waals surface area contributed by atoms with Gasteiger partial charge in [0.1, 0.15) is 29.2 Å². The molecule has 1 aromatic heterocycles. The molecule has 0 radical (unpaired) electrons. The zero-order valence-electron chi connectivity index (χ0n) is 13.8. The Labute approximate surface area is 151 Å². The molecule has 7 nitrogen and oxygen atoms in total. The van der Waals surface area contributed by atoms with Crippen molar-refractivity contribution in [2.45, 2.75) is 4.90 Å². The highest BCUT2D eigenvalue weighted by atomic mass is 32.2. The minimum atomic E-state index is -3.54. The molecule has 2 heterocycles. The summed E-state index contributed by atoms with van der Waals surface area (Å²) in [5.74, 6) is 0.893. The summed E-state index contributed by atoms with van der Waals surface area (Å²) in [7, 11) is -3.54. The van der Waals surface area contributed by atoms with Crippen LogP contribution >= 0.6 is 0 Å². The van der Waals surface area contributed by atoms with Crippen molar-refractivity contribution >= 4 is 16.1 Å². The number of furan rings is 1. The molecule has 1 aromatic carbocycles. The van der Waals surface area contributed by atoms with E-state index < -0.39 is 10.0 Å². The lowest BCUT2D eigenvalue weighted by atomic mass is 10.2. The molecule has 1 aliphatic rings. The standard InChI is InChI=1S/C18H15N3O4S/c19-12-14(13-20)11-16-3-6-18(25-16)15-1-4-17(5-2-15)26(22,23)21-7-9-24-10-8-21/h1-6,11H,7-10H2. The van der Waals surface area contributed by atoms with Crippen LogP contribution in [-0.4, -0.2) is 39.0 Å². The Kier molecular flexibility index (Phi) is 5.19. The molecule has 1 aliphatic heterocycles. The van der Waals surface area contributed by atoms with Gasteiger partial charge in [-0.1, -0.05) is 0 Å². The van der Waals surface area contributed by atoms with Gasteiger partial charge in [0.25, 0.3) is 0 Å². The number of morpholine rings is 1. The molecule has 0 N–H and O–H groups in total. The van der Waals surface area contributed by atoms with Crippen molar-refractivity contribution in [1.29, 1.82) is 10.5 Å². The van der Waals surface area contributed by atoms with E-state index in [-0.39, 0.29) is 10.5 Å². The minimum Gasteiger partial charge on any atom is -0.457 e. The number of ether oxygens (including phenoxy) is 1. The molecule has 132 valence electrons. The maximum absolute atomic E-state index is 12.6. The first-order chi connectivity index (χ1) is 12.5. The van der Waals surface area contributed by atoms with Gasteiger partial charge in [0, 0.05) is 24.7 Å². The van der Waals surface area contributed by atoms with Crippen LogP contribution in [0.4, 0.5) is 0 Å². The first-order valence-corrected chi connectivity index (χ1v) is 9.28. The minimum absolute atomic E-state index is 0.0575. The monoisotopic (exact) mass is 369 g/mol. The molecule has 0 unspecified atom stereocenters. The van der Waals surface area contributed by atoms with Crippen molar-refractivity contribution in [3.8, 4) is 23.5 Å². The quantitative estimate of drug-likeness (QED) is 0.766. The van der Waals surface area contributed by atoms with E-state index >= 15 is 0 Å². The molecule has 0 aliphatic carbocycles. The smallest absolute Gasteiger partial charge is 0.243 e. The Morgan fingerprint density at radius 2 is 1.69 bits per heavy atom. The van der Waals surface area contributed by atoms with Crippen LogP contribution in [0.3, 0.4) is 0 Å². The van der Waals surface area contributed by atoms with E-state index in [1.807, 2.05) is 0 Å². The molecule has 0 bridgehead atoms. The van der Waals surface area contributed by atoms with Gasteiger partial charge in [-0.2, -0.15) is 14.8 Å². The van der Waals surface area contributed by atoms with Crippen LogP contribution in [0.25, 0.3) is 17.4 Å². The highest BCUT2D eigenvalue weighted by Gasteiger charge is 2.26. The number of nitriles is 2. The van der Waals surface area contributed by atoms with Crippen LogP contribution in [-0.2, 0) is 14.8 Å². The van der Waals surface area contributed by atoms with Crippen molar-refractivity contribution in [1.82, 2.24) is 4.31 Å². The third-order valence-electron chi connectivity index (χ3n) is 3.90. The van der Waals surface area contributed by atoms with Gasteiger partial charge in [-0.25, -0.2) is 8.42 Å². The summed E-state index contributed by atoms with van der Waals surface area (Å²) in [5.41, 5.74) is 0.638. The fraction of sp³-hybridized carbons (Fsp3) is 0.222. The van der Waals surface area contributed by atoms with E-state index in [4.69, 9.17) is 19.7 Å². The van der Waals surface area contributed by atoms with Crippen LogP contribution in [0, 0.1) is 22.7 Å². The number of hydrogen-bond acceptors (Lipinski definition) is 6. The summed E-state index contributed by atoms with van der Waals surface area (Å²) in [6.45, 7) is 1.48. The van der Waals surface area contributed by atoms with Crippen LogP contribution < -0.4 is 0 Å². The fourth-order valence-corrected chi connectivity index (χ4v) is 3.95. The van der Waals surface area contributed by atoms with E-state index in [9.17, 15) is 8.42 Å². The molecule has 0 spiro atoms. The van der Waals surface area contributed by atoms with Crippen molar-refractivity contribution < 1.29 is 17.6 Å². The molecule has 0 saturated carbocycles. The summed E-state index contributed by atoms with van der Waals surface area (Å²) in [4.78, 5) is 0.214. The molecule has 0 amide bonds. The molecule has 1 saturated heterocycles. The average Bonchev–Trinajstić information content (AvgIpc) is 3.15. The normalized spacial score (nSPS) is 15.0. The zero-order valence-corrected chi connectivity index (χ0v) is 14.6. The second-order valence-electron chi connectivity index (χ2n) is 5.52. The summed E-state index contributed by atoms with van der Waals surface area (Å²) in [6.07, 6.45) is 1.35. The third kappa shape index (κ3) is 3.68. The van der Waals surface area contributed by atoms with Crippen molar-refractivity contribution in [2.24, 2.45) is 0 Å². The Morgan fingerprint density at radius 1 is 1.04 bits per heavy atom. The maximum atomic E-state index is 12.6. The van der Waals surface area contributed by atoms with Crippen LogP contribution in [0.1, 0.15) is 5.76 Å². The summed E-state index contributed by atoms with van der Waals surface area (Å²) in [5, 5.41) is 17.5. The molecule has 3 rings (SSSR count). The van der Waals surface area contributed by atoms with Gasteiger partial charge < -0.3 is 9.15 Å². The van der Waals surface area contributed by atoms with E-state index in [1.54, 1.807) is 36.4 Å². The second kappa shape index (κ2) is 7.54. The van der Waals surface area contributed by atoms with Gasteiger partial charge in [-0.05, 0) is 36.4 Å². The van der Waals surface area contributed by atoms with Crippen LogP contribution in [0.5, 0.6) is 0 Å². The first-order valence-electron chi connectivity index (χ1n) is 7.84. The lowest BCUT2D eigenvalue weighted by molar-refractivity contribution is 0.0730. The number of rotatable bonds is 4. The van der Waals surface area contributed by atoms with Gasteiger partial charge >= 0.3 is 0 Å². The predicted molar refractivity (Wildman–Crippen MR) is 92.9 cm³/mol. The van der Waals surface area contributed by atoms with Gasteiger partial charge in [0.2, 0.25) is 10.0 Å². The molecule has 2 aromatic rings. The van der Waals surface area contributed by atoms with Gasteiger partial charge in [-0.3, -0.25) is 0 Å². The number of hydrogen-bond donors (Lipinski definition) is 0. The number of allylic oxidation sites excluding steroid dienone is 1. The lowest BCUT2D eigenvalue weighted by Crippen LogP contribution is -2.40. The summed E-state index contributed by atoms with van der Waals surface area (Å²) < 4.78 is 37.4. The Morgan fingerprint density at radius 3 is 2.31 bits per heavy atom. The second-order valence-corrected chi connectivity index (χ2v) is 7.46. The number of sulfonamides is 1. The molecule has 8 heteroatoms. The SMILES string of the molecule is N#CC(C#N)=Cc1ccc(-c2ccc(S(=O)(=O)N3CCOCC3)cc2)o1. The van der Waals surface area contributed by atoms with Crippen molar-refractivity contribution in [3.63, 3.8) is 0 Å².